The Morgan fingerprint density at radius 1 is 1.07 bits per heavy atom. The number of aromatic nitrogens is 2. The number of carbonyl (C=O) groups excluding carboxylic acids is 5. The van der Waals surface area contributed by atoms with Crippen LogP contribution in [-0.4, -0.2) is 170 Å². The first kappa shape index (κ1) is 52.6. The number of aliphatic hydroxyl groups is 2. The number of nitrogens with zero attached hydrogens (tertiary/aromatic N) is 6. The van der Waals surface area contributed by atoms with Crippen LogP contribution in [0.4, 0.5) is 0 Å². The van der Waals surface area contributed by atoms with Crippen molar-refractivity contribution in [3.63, 3.8) is 0 Å². The summed E-state index contributed by atoms with van der Waals surface area (Å²) < 4.78 is 14.4. The maximum absolute atomic E-state index is 15.0. The Hall–Kier alpha value is -5.76. The van der Waals surface area contributed by atoms with Gasteiger partial charge in [0.05, 0.1) is 44.7 Å². The van der Waals surface area contributed by atoms with Gasteiger partial charge in [0.2, 0.25) is 11.8 Å². The number of likely N-dealkylation sites (tertiary alicyclic amines) is 2. The van der Waals surface area contributed by atoms with Crippen LogP contribution in [0.15, 0.2) is 54.9 Å². The van der Waals surface area contributed by atoms with Crippen LogP contribution in [0.2, 0.25) is 0 Å². The van der Waals surface area contributed by atoms with E-state index in [9.17, 15) is 39.3 Å². The number of hydrogen-bond donors (Lipinski definition) is 5. The van der Waals surface area contributed by atoms with Crippen LogP contribution in [0.25, 0.3) is 33.3 Å². The molecule has 18 nitrogen and oxygen atoms in total. The first-order valence-corrected chi connectivity index (χ1v) is 25.3. The Kier molecular flexibility index (Phi) is 15.6. The van der Waals surface area contributed by atoms with E-state index in [4.69, 9.17) is 9.47 Å². The third-order valence-corrected chi connectivity index (χ3v) is 14.9. The number of carbonyl (C=O) groups is 5. The molecule has 4 aliphatic heterocycles. The highest BCUT2D eigenvalue weighted by Gasteiger charge is 2.49. The molecule has 72 heavy (non-hydrogen) atoms. The maximum Gasteiger partial charge on any atom is 0.259 e. The zero-order valence-corrected chi connectivity index (χ0v) is 42.8. The molecule has 0 aliphatic carbocycles. The summed E-state index contributed by atoms with van der Waals surface area (Å²) in [5.41, 5.74) is 6.62. The number of methoxy groups -OCH3 is 1. The lowest BCUT2D eigenvalue weighted by Crippen LogP contribution is -2.66. The number of phenols is 1. The summed E-state index contributed by atoms with van der Waals surface area (Å²) in [6, 6.07) is 10.9. The molecule has 4 aliphatic rings. The number of amides is 4. The summed E-state index contributed by atoms with van der Waals surface area (Å²) in [6.45, 7) is 12.3. The highest BCUT2D eigenvalue weighted by atomic mass is 16.5. The molecule has 2 aromatic carbocycles. The Bertz CT molecular complexity index is 2690. The minimum atomic E-state index is -1.96. The Labute approximate surface area is 421 Å². The van der Waals surface area contributed by atoms with Crippen LogP contribution in [0.1, 0.15) is 77.0 Å². The van der Waals surface area contributed by atoms with E-state index >= 15 is 0 Å². The Morgan fingerprint density at radius 2 is 1.86 bits per heavy atom. The quantitative estimate of drug-likeness (QED) is 0.129. The van der Waals surface area contributed by atoms with Gasteiger partial charge in [-0.15, -0.1) is 0 Å². The number of likely N-dealkylation sites (N-methyl/N-ethyl adjacent to an activating group) is 1. The van der Waals surface area contributed by atoms with Gasteiger partial charge >= 0.3 is 0 Å². The molecule has 0 radical (unpaired) electrons. The fourth-order valence-corrected chi connectivity index (χ4v) is 11.3. The monoisotopic (exact) mass is 993 g/mol. The average Bonchev–Trinajstić information content (AvgIpc) is 4.04. The van der Waals surface area contributed by atoms with Crippen molar-refractivity contribution in [2.45, 2.75) is 116 Å². The molecule has 2 aromatic heterocycles. The van der Waals surface area contributed by atoms with Crippen LogP contribution in [0, 0.1) is 11.3 Å². The lowest BCUT2D eigenvalue weighted by atomic mass is 9.84. The number of ether oxygens (including phenoxy) is 2. The van der Waals surface area contributed by atoms with Gasteiger partial charge in [-0.05, 0) is 102 Å². The van der Waals surface area contributed by atoms with Crippen molar-refractivity contribution in [2.24, 2.45) is 11.3 Å². The van der Waals surface area contributed by atoms with E-state index in [-0.39, 0.29) is 63.9 Å². The summed E-state index contributed by atoms with van der Waals surface area (Å²) in [5.74, 6) is -2.71. The summed E-state index contributed by atoms with van der Waals surface area (Å²) in [6.07, 6.45) is 5.84. The molecule has 388 valence electrons. The molecule has 6 heterocycles. The molecule has 3 saturated heterocycles. The van der Waals surface area contributed by atoms with Gasteiger partial charge in [0.25, 0.3) is 11.8 Å². The minimum Gasteiger partial charge on any atom is -0.508 e. The fourth-order valence-electron chi connectivity index (χ4n) is 11.3. The summed E-state index contributed by atoms with van der Waals surface area (Å²) in [7, 11) is 3.11. The molecule has 1 unspecified atom stereocenters. The highest BCUT2D eigenvalue weighted by molar-refractivity contribution is 5.97. The molecule has 3 fully saturated rings. The summed E-state index contributed by atoms with van der Waals surface area (Å²) >= 11 is 0. The van der Waals surface area contributed by atoms with Crippen LogP contribution < -0.4 is 10.7 Å². The van der Waals surface area contributed by atoms with Crippen molar-refractivity contribution in [3.8, 4) is 28.1 Å². The SMILES string of the molecule is CCn1c(-c2cnccc2COC)c2c3cc(ccc31)-c1cc(O)cc(c1)C[C@H](NC(=O)[C@H](C(C)C)N(C)C(=O)[C@@]1(O)CCN(C(=O)CN3CC[C@@H](O)C3)C1)C(=O)N1CCCC(C=O)(COCC(C)(C)C2)N1. The van der Waals surface area contributed by atoms with E-state index in [1.807, 2.05) is 29.3 Å². The second-order valence-electron chi connectivity index (χ2n) is 21.6. The summed E-state index contributed by atoms with van der Waals surface area (Å²) in [5, 5.41) is 38.5. The third kappa shape index (κ3) is 10.9. The Morgan fingerprint density at radius 3 is 2.57 bits per heavy atom. The molecule has 4 aromatic rings. The molecule has 0 saturated carbocycles. The molecule has 8 rings (SSSR count). The molecular formula is C54H72N8O10. The van der Waals surface area contributed by atoms with Crippen LogP contribution >= 0.6 is 0 Å². The van der Waals surface area contributed by atoms with Gasteiger partial charge in [0.1, 0.15) is 29.7 Å². The first-order chi connectivity index (χ1) is 34.3. The third-order valence-electron chi connectivity index (χ3n) is 14.9. The number of phenolic OH excluding ortho intramolecular Hbond substituents is 1. The second kappa shape index (κ2) is 21.4. The van der Waals surface area contributed by atoms with E-state index in [1.54, 1.807) is 39.3 Å². The van der Waals surface area contributed by atoms with E-state index in [0.29, 0.717) is 63.1 Å². The number of β-amino-alcohol motifs (C(OH)–C–C–N with tert-alkyl or cyclic N) is 2. The number of aldehydes is 1. The number of aryl methyl sites for hydroxylation is 1. The van der Waals surface area contributed by atoms with Gasteiger partial charge in [0.15, 0.2) is 5.60 Å². The van der Waals surface area contributed by atoms with Crippen LogP contribution in [0.3, 0.4) is 0 Å². The second-order valence-corrected chi connectivity index (χ2v) is 21.6. The smallest absolute Gasteiger partial charge is 0.259 e. The first-order valence-electron chi connectivity index (χ1n) is 25.3. The number of nitrogens with one attached hydrogen (secondary N) is 2. The van der Waals surface area contributed by atoms with Crippen molar-refractivity contribution >= 4 is 40.8 Å². The number of aliphatic hydroxyl groups excluding tert-OH is 1. The largest absolute Gasteiger partial charge is 0.508 e. The van der Waals surface area contributed by atoms with Crippen molar-refractivity contribution in [2.75, 3.05) is 66.6 Å². The standard InChI is InChI=1S/C54H72N8O10/c1-8-61-45-11-10-36-24-41(45)42(48(61)43-26-55-16-12-37(43)29-71-7)25-52(4,5)32-72-33-53(31-63)14-9-17-62(57-53)50(68)44(22-35-20-38(36)23-40(65)21-35)56-49(67)47(34(2)3)58(6)51(69)54(70)15-19-60(30-54)46(66)28-59-18-13-39(64)27-59/h10-12,16,20-21,23-24,26,31,34,39,44,47,57,64-65,70H,8-9,13-15,17-19,22,25,27-30,32-33H2,1-7H3,(H,56,67)/t39-,44+,47+,53?,54-/m1/s1. The number of pyridine rings is 1. The van der Waals surface area contributed by atoms with Gasteiger partial charge in [0, 0.05) is 88.6 Å². The Balaban J connectivity index is 1.15. The molecule has 6 bridgehead atoms. The van der Waals surface area contributed by atoms with Gasteiger partial charge < -0.3 is 49.3 Å². The van der Waals surface area contributed by atoms with Crippen molar-refractivity contribution in [1.29, 1.82) is 0 Å². The zero-order valence-electron chi connectivity index (χ0n) is 42.8. The van der Waals surface area contributed by atoms with Crippen LogP contribution in [-0.2, 0) is 59.4 Å². The fraction of sp³-hybridized carbons (Fsp3) is 0.556. The highest BCUT2D eigenvalue weighted by Crippen LogP contribution is 2.42. The number of rotatable bonds is 12. The number of aromatic hydroxyl groups is 1. The molecule has 4 amide bonds. The van der Waals surface area contributed by atoms with E-state index in [1.165, 1.54) is 21.9 Å². The van der Waals surface area contributed by atoms with E-state index in [0.717, 1.165) is 45.1 Å². The van der Waals surface area contributed by atoms with Gasteiger partial charge in [-0.3, -0.25) is 34.1 Å². The maximum atomic E-state index is 15.0. The predicted molar refractivity (Wildman–Crippen MR) is 270 cm³/mol. The number of hydrogen-bond acceptors (Lipinski definition) is 13. The van der Waals surface area contributed by atoms with Gasteiger partial charge in [-0.1, -0.05) is 39.8 Å². The molecule has 0 spiro atoms. The number of benzene rings is 2. The number of hydrazine groups is 1. The topological polar surface area (TPSA) is 219 Å². The normalized spacial score (nSPS) is 24.3. The minimum absolute atomic E-state index is 0.0272. The molecule has 5 N–H and O–H groups in total. The van der Waals surface area contributed by atoms with E-state index < -0.39 is 58.4 Å². The number of fused-ring (bicyclic) bond motifs is 6. The lowest BCUT2D eigenvalue weighted by Gasteiger charge is -2.42. The predicted octanol–water partition coefficient (Wildman–Crippen LogP) is 3.45. The lowest BCUT2D eigenvalue weighted by molar-refractivity contribution is -0.156. The zero-order chi connectivity index (χ0) is 51.7. The average molecular weight is 993 g/mol. The molecule has 5 atom stereocenters. The van der Waals surface area contributed by atoms with Crippen molar-refractivity contribution < 1.29 is 48.8 Å². The van der Waals surface area contributed by atoms with Crippen LogP contribution in [0.5, 0.6) is 5.75 Å². The molecule has 18 heteroatoms. The van der Waals surface area contributed by atoms with Crippen molar-refractivity contribution in [3.05, 3.63) is 71.5 Å². The van der Waals surface area contributed by atoms with E-state index in [2.05, 4.69) is 53.2 Å². The van der Waals surface area contributed by atoms with Gasteiger partial charge in [-0.25, -0.2) is 5.43 Å². The van der Waals surface area contributed by atoms with Gasteiger partial charge in [-0.2, -0.15) is 0 Å². The summed E-state index contributed by atoms with van der Waals surface area (Å²) in [4.78, 5) is 79.4. The molecular weight excluding hydrogens is 921 g/mol. The van der Waals surface area contributed by atoms with Crippen molar-refractivity contribution in [1.82, 2.24) is 40.0 Å².